The molecule has 114 valence electrons. The SMILES string of the molecule is CCc1ccccc1OCc1ccccc1C(C=O)=NOC. The smallest absolute Gasteiger partial charge is 0.172 e. The predicted molar refractivity (Wildman–Crippen MR) is 86.2 cm³/mol. The Hall–Kier alpha value is -2.62. The summed E-state index contributed by atoms with van der Waals surface area (Å²) in [6, 6.07) is 15.4. The van der Waals surface area contributed by atoms with Gasteiger partial charge in [0.05, 0.1) is 0 Å². The van der Waals surface area contributed by atoms with Gasteiger partial charge in [-0.1, -0.05) is 54.5 Å². The van der Waals surface area contributed by atoms with Crippen molar-refractivity contribution >= 4 is 12.0 Å². The number of rotatable bonds is 7. The number of hydrogen-bond acceptors (Lipinski definition) is 4. The van der Waals surface area contributed by atoms with Gasteiger partial charge in [-0.15, -0.1) is 0 Å². The molecule has 2 aromatic carbocycles. The Balaban J connectivity index is 2.23. The van der Waals surface area contributed by atoms with Gasteiger partial charge in [0.25, 0.3) is 0 Å². The van der Waals surface area contributed by atoms with E-state index in [1.807, 2.05) is 48.5 Å². The van der Waals surface area contributed by atoms with E-state index >= 15 is 0 Å². The van der Waals surface area contributed by atoms with Crippen LogP contribution < -0.4 is 4.74 Å². The summed E-state index contributed by atoms with van der Waals surface area (Å²) < 4.78 is 5.92. The van der Waals surface area contributed by atoms with Crippen molar-refractivity contribution in [1.29, 1.82) is 0 Å². The molecule has 0 bridgehead atoms. The van der Waals surface area contributed by atoms with E-state index in [1.165, 1.54) is 7.11 Å². The first-order valence-corrected chi connectivity index (χ1v) is 7.15. The number of oxime groups is 1. The third-order valence-corrected chi connectivity index (χ3v) is 3.33. The van der Waals surface area contributed by atoms with E-state index in [-0.39, 0.29) is 5.71 Å². The highest BCUT2D eigenvalue weighted by Crippen LogP contribution is 2.20. The molecule has 0 heterocycles. The van der Waals surface area contributed by atoms with E-state index < -0.39 is 0 Å². The topological polar surface area (TPSA) is 47.9 Å². The Labute approximate surface area is 130 Å². The van der Waals surface area contributed by atoms with E-state index in [0.29, 0.717) is 18.5 Å². The van der Waals surface area contributed by atoms with E-state index in [9.17, 15) is 4.79 Å². The van der Waals surface area contributed by atoms with Gasteiger partial charge in [-0.3, -0.25) is 4.79 Å². The Morgan fingerprint density at radius 2 is 1.77 bits per heavy atom. The maximum Gasteiger partial charge on any atom is 0.172 e. The normalized spacial score (nSPS) is 11.1. The average molecular weight is 297 g/mol. The van der Waals surface area contributed by atoms with Crippen LogP contribution in [-0.4, -0.2) is 19.1 Å². The standard InChI is InChI=1S/C18H19NO3/c1-3-14-8-5-7-11-18(14)22-13-15-9-4-6-10-16(15)17(12-20)19-21-2/h4-12H,3,13H2,1-2H3. The van der Waals surface area contributed by atoms with E-state index in [2.05, 4.69) is 12.1 Å². The lowest BCUT2D eigenvalue weighted by atomic mass is 10.0. The van der Waals surface area contributed by atoms with E-state index in [1.54, 1.807) is 0 Å². The summed E-state index contributed by atoms with van der Waals surface area (Å²) in [6.07, 6.45) is 1.59. The molecular formula is C18H19NO3. The highest BCUT2D eigenvalue weighted by atomic mass is 16.6. The molecule has 2 rings (SSSR count). The quantitative estimate of drug-likeness (QED) is 0.447. The van der Waals surface area contributed by atoms with Crippen LogP contribution in [-0.2, 0) is 22.7 Å². The molecule has 0 amide bonds. The van der Waals surface area contributed by atoms with Crippen LogP contribution in [0.25, 0.3) is 0 Å². The fourth-order valence-corrected chi connectivity index (χ4v) is 2.22. The number of hydrogen-bond donors (Lipinski definition) is 0. The largest absolute Gasteiger partial charge is 0.489 e. The summed E-state index contributed by atoms with van der Waals surface area (Å²) in [5, 5.41) is 3.76. The Morgan fingerprint density at radius 1 is 1.09 bits per heavy atom. The highest BCUT2D eigenvalue weighted by Gasteiger charge is 2.10. The van der Waals surface area contributed by atoms with Crippen molar-refractivity contribution in [2.45, 2.75) is 20.0 Å². The van der Waals surface area contributed by atoms with Crippen LogP contribution in [0.3, 0.4) is 0 Å². The molecule has 0 saturated carbocycles. The fourth-order valence-electron chi connectivity index (χ4n) is 2.22. The van der Waals surface area contributed by atoms with Gasteiger partial charge in [0.15, 0.2) is 6.29 Å². The Morgan fingerprint density at radius 3 is 2.45 bits per heavy atom. The number of aldehydes is 1. The van der Waals surface area contributed by atoms with Gasteiger partial charge < -0.3 is 9.57 Å². The lowest BCUT2D eigenvalue weighted by molar-refractivity contribution is -0.102. The minimum Gasteiger partial charge on any atom is -0.489 e. The van der Waals surface area contributed by atoms with Crippen molar-refractivity contribution in [3.05, 3.63) is 65.2 Å². The van der Waals surface area contributed by atoms with Crippen LogP contribution in [0.2, 0.25) is 0 Å². The summed E-state index contributed by atoms with van der Waals surface area (Å²) in [6.45, 7) is 2.45. The summed E-state index contributed by atoms with van der Waals surface area (Å²) >= 11 is 0. The number of carbonyl (C=O) groups excluding carboxylic acids is 1. The third-order valence-electron chi connectivity index (χ3n) is 3.33. The highest BCUT2D eigenvalue weighted by molar-refractivity contribution is 6.36. The van der Waals surface area contributed by atoms with Crippen molar-refractivity contribution in [2.24, 2.45) is 5.16 Å². The minimum atomic E-state index is 0.255. The van der Waals surface area contributed by atoms with Gasteiger partial charge in [0.1, 0.15) is 25.2 Å². The maximum absolute atomic E-state index is 11.2. The number of para-hydroxylation sites is 1. The van der Waals surface area contributed by atoms with Crippen LogP contribution in [0.15, 0.2) is 53.7 Å². The number of carbonyl (C=O) groups is 1. The molecule has 4 heteroatoms. The lowest BCUT2D eigenvalue weighted by Crippen LogP contribution is -2.09. The lowest BCUT2D eigenvalue weighted by Gasteiger charge is -2.12. The molecule has 0 aliphatic carbocycles. The van der Waals surface area contributed by atoms with Crippen LogP contribution in [0.4, 0.5) is 0 Å². The van der Waals surface area contributed by atoms with Crippen LogP contribution >= 0.6 is 0 Å². The molecule has 0 fully saturated rings. The molecule has 0 atom stereocenters. The number of benzene rings is 2. The molecule has 2 aromatic rings. The Kier molecular flexibility index (Phi) is 5.72. The zero-order valence-electron chi connectivity index (χ0n) is 12.8. The molecule has 0 spiro atoms. The minimum absolute atomic E-state index is 0.255. The van der Waals surface area contributed by atoms with Crippen LogP contribution in [0.1, 0.15) is 23.6 Å². The predicted octanol–water partition coefficient (Wildman–Crippen LogP) is 3.38. The number of nitrogens with zero attached hydrogens (tertiary/aromatic N) is 1. The number of ether oxygens (including phenoxy) is 1. The molecule has 0 radical (unpaired) electrons. The summed E-state index contributed by atoms with van der Waals surface area (Å²) in [4.78, 5) is 15.9. The van der Waals surface area contributed by atoms with E-state index in [4.69, 9.17) is 9.57 Å². The van der Waals surface area contributed by atoms with Gasteiger partial charge in [-0.25, -0.2) is 0 Å². The van der Waals surface area contributed by atoms with Gasteiger partial charge in [0.2, 0.25) is 0 Å². The summed E-state index contributed by atoms with van der Waals surface area (Å²) in [5.74, 6) is 0.858. The van der Waals surface area contributed by atoms with Gasteiger partial charge in [-0.05, 0) is 23.6 Å². The van der Waals surface area contributed by atoms with Crippen molar-refractivity contribution in [2.75, 3.05) is 7.11 Å². The van der Waals surface area contributed by atoms with Gasteiger partial charge >= 0.3 is 0 Å². The maximum atomic E-state index is 11.2. The monoisotopic (exact) mass is 297 g/mol. The van der Waals surface area contributed by atoms with Crippen molar-refractivity contribution in [3.8, 4) is 5.75 Å². The fraction of sp³-hybridized carbons (Fsp3) is 0.222. The first-order valence-electron chi connectivity index (χ1n) is 7.15. The first-order chi connectivity index (χ1) is 10.8. The molecule has 22 heavy (non-hydrogen) atoms. The Bertz CT molecular complexity index is 665. The second-order valence-electron chi connectivity index (χ2n) is 4.68. The molecule has 0 N–H and O–H groups in total. The molecule has 0 aromatic heterocycles. The molecule has 0 aliphatic heterocycles. The third kappa shape index (κ3) is 3.73. The van der Waals surface area contributed by atoms with Crippen LogP contribution in [0.5, 0.6) is 5.75 Å². The molecule has 0 unspecified atom stereocenters. The summed E-state index contributed by atoms with van der Waals surface area (Å²) in [7, 11) is 1.42. The molecule has 0 aliphatic rings. The second kappa shape index (κ2) is 7.98. The molecule has 4 nitrogen and oxygen atoms in total. The molecule has 0 saturated heterocycles. The van der Waals surface area contributed by atoms with Gasteiger partial charge in [-0.2, -0.15) is 0 Å². The second-order valence-corrected chi connectivity index (χ2v) is 4.68. The van der Waals surface area contributed by atoms with Crippen molar-refractivity contribution in [1.82, 2.24) is 0 Å². The molecular weight excluding hydrogens is 278 g/mol. The summed E-state index contributed by atoms with van der Waals surface area (Å²) in [5.41, 5.74) is 3.01. The van der Waals surface area contributed by atoms with Crippen LogP contribution in [0, 0.1) is 0 Å². The average Bonchev–Trinajstić information content (AvgIpc) is 2.58. The zero-order valence-corrected chi connectivity index (χ0v) is 12.8. The van der Waals surface area contributed by atoms with Crippen molar-refractivity contribution in [3.63, 3.8) is 0 Å². The van der Waals surface area contributed by atoms with Gasteiger partial charge in [0, 0.05) is 5.56 Å². The first kappa shape index (κ1) is 15.8. The van der Waals surface area contributed by atoms with Crippen molar-refractivity contribution < 1.29 is 14.4 Å². The zero-order chi connectivity index (χ0) is 15.8. The van der Waals surface area contributed by atoms with E-state index in [0.717, 1.165) is 23.3 Å². The number of aryl methyl sites for hydroxylation is 1.